The molecular formula is C14H21N3O. The van der Waals surface area contributed by atoms with Gasteiger partial charge in [0.15, 0.2) is 0 Å². The number of nitrogens with zero attached hydrogens (tertiary/aromatic N) is 2. The number of carbonyl (C=O) groups excluding carboxylic acids is 1. The summed E-state index contributed by atoms with van der Waals surface area (Å²) in [7, 11) is 1.85. The molecular weight excluding hydrogens is 226 g/mol. The van der Waals surface area contributed by atoms with Crippen LogP contribution in [-0.2, 0) is 11.2 Å². The number of hydrogen-bond acceptors (Lipinski definition) is 3. The smallest absolute Gasteiger partial charge is 0.241 e. The van der Waals surface area contributed by atoms with Crippen molar-refractivity contribution in [2.24, 2.45) is 5.73 Å². The van der Waals surface area contributed by atoms with E-state index in [0.29, 0.717) is 6.54 Å². The fourth-order valence-corrected chi connectivity index (χ4v) is 2.39. The van der Waals surface area contributed by atoms with Crippen molar-refractivity contribution in [3.05, 3.63) is 35.9 Å². The summed E-state index contributed by atoms with van der Waals surface area (Å²) in [5.41, 5.74) is 7.03. The molecule has 1 amide bonds. The van der Waals surface area contributed by atoms with Crippen molar-refractivity contribution in [1.82, 2.24) is 9.80 Å². The largest absolute Gasteiger partial charge is 0.343 e. The number of benzene rings is 1. The van der Waals surface area contributed by atoms with Gasteiger partial charge in [-0.05, 0) is 12.0 Å². The van der Waals surface area contributed by atoms with E-state index in [1.165, 1.54) is 5.56 Å². The maximum Gasteiger partial charge on any atom is 0.241 e. The third kappa shape index (κ3) is 2.89. The van der Waals surface area contributed by atoms with Crippen LogP contribution in [0.3, 0.4) is 0 Å². The first kappa shape index (κ1) is 13.1. The second-order valence-corrected chi connectivity index (χ2v) is 4.78. The molecule has 1 aliphatic heterocycles. The predicted molar refractivity (Wildman–Crippen MR) is 72.2 cm³/mol. The molecule has 2 N–H and O–H groups in total. The van der Waals surface area contributed by atoms with E-state index in [-0.39, 0.29) is 11.9 Å². The molecule has 1 atom stereocenters. The van der Waals surface area contributed by atoms with E-state index in [1.807, 2.05) is 25.2 Å². The van der Waals surface area contributed by atoms with Gasteiger partial charge in [-0.3, -0.25) is 9.69 Å². The molecule has 0 saturated carbocycles. The van der Waals surface area contributed by atoms with Gasteiger partial charge in [-0.2, -0.15) is 0 Å². The zero-order chi connectivity index (χ0) is 13.0. The summed E-state index contributed by atoms with van der Waals surface area (Å²) >= 11 is 0. The number of carbonyl (C=O) groups is 1. The Kier molecular flexibility index (Phi) is 4.33. The number of nitrogens with two attached hydrogens (primary N) is 1. The zero-order valence-corrected chi connectivity index (χ0v) is 10.9. The molecule has 4 heteroatoms. The monoisotopic (exact) mass is 247 g/mol. The average Bonchev–Trinajstić information content (AvgIpc) is 2.41. The van der Waals surface area contributed by atoms with Crippen molar-refractivity contribution in [3.8, 4) is 0 Å². The Labute approximate surface area is 108 Å². The van der Waals surface area contributed by atoms with Gasteiger partial charge in [0.05, 0.1) is 0 Å². The molecule has 1 unspecified atom stereocenters. The van der Waals surface area contributed by atoms with Crippen LogP contribution in [0.5, 0.6) is 0 Å². The maximum absolute atomic E-state index is 12.0. The summed E-state index contributed by atoms with van der Waals surface area (Å²) < 4.78 is 0. The van der Waals surface area contributed by atoms with Gasteiger partial charge in [-0.15, -0.1) is 0 Å². The second kappa shape index (κ2) is 5.98. The molecule has 0 spiro atoms. The molecule has 0 aliphatic carbocycles. The Morgan fingerprint density at radius 2 is 2.00 bits per heavy atom. The molecule has 1 heterocycles. The Morgan fingerprint density at radius 3 is 2.67 bits per heavy atom. The number of hydrogen-bond donors (Lipinski definition) is 1. The highest BCUT2D eigenvalue weighted by Gasteiger charge is 2.31. The molecule has 1 fully saturated rings. The molecule has 2 rings (SSSR count). The van der Waals surface area contributed by atoms with Crippen LogP contribution in [0.15, 0.2) is 30.3 Å². The normalized spacial score (nSPS) is 21.3. The second-order valence-electron chi connectivity index (χ2n) is 4.78. The highest BCUT2D eigenvalue weighted by atomic mass is 16.2. The van der Waals surface area contributed by atoms with Crippen LogP contribution in [0.1, 0.15) is 5.56 Å². The first-order valence-corrected chi connectivity index (χ1v) is 6.45. The van der Waals surface area contributed by atoms with Crippen LogP contribution in [0.2, 0.25) is 0 Å². The van der Waals surface area contributed by atoms with Crippen molar-refractivity contribution < 1.29 is 4.79 Å². The highest BCUT2D eigenvalue weighted by Crippen LogP contribution is 2.10. The number of amides is 1. The summed E-state index contributed by atoms with van der Waals surface area (Å²) in [6.45, 7) is 3.00. The van der Waals surface area contributed by atoms with E-state index in [2.05, 4.69) is 17.0 Å². The van der Waals surface area contributed by atoms with E-state index in [1.54, 1.807) is 4.90 Å². The topological polar surface area (TPSA) is 49.6 Å². The molecule has 1 saturated heterocycles. The van der Waals surface area contributed by atoms with Crippen molar-refractivity contribution in [1.29, 1.82) is 0 Å². The third-order valence-corrected chi connectivity index (χ3v) is 3.58. The Hall–Kier alpha value is -1.39. The zero-order valence-electron chi connectivity index (χ0n) is 10.9. The molecule has 0 radical (unpaired) electrons. The van der Waals surface area contributed by atoms with E-state index in [9.17, 15) is 4.79 Å². The van der Waals surface area contributed by atoms with E-state index >= 15 is 0 Å². The molecule has 0 aromatic heterocycles. The summed E-state index contributed by atoms with van der Waals surface area (Å²) in [6, 6.07) is 10.2. The van der Waals surface area contributed by atoms with Gasteiger partial charge in [-0.25, -0.2) is 0 Å². The third-order valence-electron chi connectivity index (χ3n) is 3.58. The molecule has 1 aliphatic rings. The van der Waals surface area contributed by atoms with Crippen LogP contribution < -0.4 is 5.73 Å². The Morgan fingerprint density at radius 1 is 1.28 bits per heavy atom. The molecule has 1 aromatic rings. The average molecular weight is 247 g/mol. The van der Waals surface area contributed by atoms with Crippen LogP contribution in [0.25, 0.3) is 0 Å². The van der Waals surface area contributed by atoms with Gasteiger partial charge < -0.3 is 10.6 Å². The lowest BCUT2D eigenvalue weighted by molar-refractivity contribution is -0.139. The van der Waals surface area contributed by atoms with Gasteiger partial charge in [0.1, 0.15) is 6.04 Å². The first-order chi connectivity index (χ1) is 8.72. The van der Waals surface area contributed by atoms with Gasteiger partial charge >= 0.3 is 0 Å². The number of rotatable bonds is 4. The van der Waals surface area contributed by atoms with Crippen LogP contribution in [0, 0.1) is 0 Å². The minimum Gasteiger partial charge on any atom is -0.343 e. The molecule has 98 valence electrons. The van der Waals surface area contributed by atoms with Crippen LogP contribution in [0.4, 0.5) is 0 Å². The van der Waals surface area contributed by atoms with Gasteiger partial charge in [0.2, 0.25) is 5.91 Å². The van der Waals surface area contributed by atoms with Gasteiger partial charge in [-0.1, -0.05) is 30.3 Å². The van der Waals surface area contributed by atoms with Crippen molar-refractivity contribution in [2.45, 2.75) is 12.5 Å². The minimum absolute atomic E-state index is 0.146. The molecule has 4 nitrogen and oxygen atoms in total. The van der Waals surface area contributed by atoms with Gasteiger partial charge in [0, 0.05) is 33.2 Å². The van der Waals surface area contributed by atoms with E-state index in [4.69, 9.17) is 5.73 Å². The summed E-state index contributed by atoms with van der Waals surface area (Å²) in [5.74, 6) is 0.150. The Bertz CT molecular complexity index is 393. The highest BCUT2D eigenvalue weighted by molar-refractivity contribution is 5.82. The van der Waals surface area contributed by atoms with Crippen molar-refractivity contribution in [3.63, 3.8) is 0 Å². The van der Waals surface area contributed by atoms with Crippen molar-refractivity contribution in [2.75, 3.05) is 33.2 Å². The quantitative estimate of drug-likeness (QED) is 0.834. The molecule has 1 aromatic carbocycles. The van der Waals surface area contributed by atoms with Crippen molar-refractivity contribution >= 4 is 5.91 Å². The minimum atomic E-state index is -0.146. The number of piperazine rings is 1. The number of likely N-dealkylation sites (N-methyl/N-ethyl adjacent to an activating group) is 1. The fraction of sp³-hybridized carbons (Fsp3) is 0.500. The standard InChI is InChI=1S/C14H21N3O/c1-16-9-10-17(13(11-15)14(16)18)8-7-12-5-3-2-4-6-12/h2-6,13H,7-11,15H2,1H3. The van der Waals surface area contributed by atoms with E-state index < -0.39 is 0 Å². The summed E-state index contributed by atoms with van der Waals surface area (Å²) in [6.07, 6.45) is 0.967. The molecule has 18 heavy (non-hydrogen) atoms. The lowest BCUT2D eigenvalue weighted by atomic mass is 10.1. The molecule has 0 bridgehead atoms. The summed E-state index contributed by atoms with van der Waals surface area (Å²) in [5, 5.41) is 0. The SMILES string of the molecule is CN1CCN(CCc2ccccc2)C(CN)C1=O. The maximum atomic E-state index is 12.0. The Balaban J connectivity index is 1.94. The van der Waals surface area contributed by atoms with E-state index in [0.717, 1.165) is 26.1 Å². The van der Waals surface area contributed by atoms with Gasteiger partial charge in [0.25, 0.3) is 0 Å². The lowest BCUT2D eigenvalue weighted by Gasteiger charge is -2.38. The van der Waals surface area contributed by atoms with Crippen LogP contribution in [-0.4, -0.2) is 55.0 Å². The predicted octanol–water partition coefficient (Wildman–Crippen LogP) is 0.330. The summed E-state index contributed by atoms with van der Waals surface area (Å²) in [4.78, 5) is 16.0. The lowest BCUT2D eigenvalue weighted by Crippen LogP contribution is -2.58. The fourth-order valence-electron chi connectivity index (χ4n) is 2.39. The van der Waals surface area contributed by atoms with Crippen LogP contribution >= 0.6 is 0 Å². The first-order valence-electron chi connectivity index (χ1n) is 6.45.